The minimum Gasteiger partial charge on any atom is -0.478 e. The summed E-state index contributed by atoms with van der Waals surface area (Å²) in [5, 5.41) is 0.590. The van der Waals surface area contributed by atoms with Gasteiger partial charge in [-0.2, -0.15) is 0 Å². The predicted molar refractivity (Wildman–Crippen MR) is 80.4 cm³/mol. The van der Waals surface area contributed by atoms with Crippen LogP contribution in [-0.4, -0.2) is 42.6 Å². The van der Waals surface area contributed by atoms with E-state index in [-0.39, 0.29) is 12.5 Å². The van der Waals surface area contributed by atoms with Crippen molar-refractivity contribution in [3.63, 3.8) is 0 Å². The SMILES string of the molecule is CCN(CC(=O)OC)C(=O)C(C)(C)Oc1ccc(Cl)cc1. The largest absolute Gasteiger partial charge is 0.478 e. The third kappa shape index (κ3) is 4.93. The normalized spacial score (nSPS) is 10.9. The Balaban J connectivity index is 2.81. The van der Waals surface area contributed by atoms with Gasteiger partial charge < -0.3 is 14.4 Å². The van der Waals surface area contributed by atoms with E-state index in [4.69, 9.17) is 16.3 Å². The first-order valence-corrected chi connectivity index (χ1v) is 6.98. The number of ether oxygens (including phenoxy) is 2. The van der Waals surface area contributed by atoms with Crippen molar-refractivity contribution in [2.24, 2.45) is 0 Å². The molecule has 0 aliphatic heterocycles. The molecule has 0 saturated carbocycles. The van der Waals surface area contributed by atoms with E-state index in [1.165, 1.54) is 12.0 Å². The molecule has 0 aromatic heterocycles. The van der Waals surface area contributed by atoms with Crippen molar-refractivity contribution < 1.29 is 19.1 Å². The van der Waals surface area contributed by atoms with Gasteiger partial charge in [0.05, 0.1) is 7.11 Å². The van der Waals surface area contributed by atoms with Gasteiger partial charge in [0.1, 0.15) is 12.3 Å². The highest BCUT2D eigenvalue weighted by Crippen LogP contribution is 2.22. The van der Waals surface area contributed by atoms with Gasteiger partial charge in [-0.25, -0.2) is 0 Å². The van der Waals surface area contributed by atoms with Crippen molar-refractivity contribution in [3.8, 4) is 5.75 Å². The number of carbonyl (C=O) groups excluding carboxylic acids is 2. The standard InChI is InChI=1S/C15H20ClNO4/c1-5-17(10-13(18)20-4)14(19)15(2,3)21-12-8-6-11(16)7-9-12/h6-9H,5,10H2,1-4H3. The Bertz CT molecular complexity index is 499. The molecule has 0 unspecified atom stereocenters. The minimum absolute atomic E-state index is 0.0980. The first-order valence-electron chi connectivity index (χ1n) is 6.61. The summed E-state index contributed by atoms with van der Waals surface area (Å²) in [6, 6.07) is 6.74. The molecule has 1 aromatic rings. The molecule has 0 heterocycles. The van der Waals surface area contributed by atoms with E-state index < -0.39 is 11.6 Å². The second-order valence-electron chi connectivity index (χ2n) is 4.96. The van der Waals surface area contributed by atoms with Crippen molar-refractivity contribution in [1.82, 2.24) is 4.90 Å². The molecule has 0 bridgehead atoms. The van der Waals surface area contributed by atoms with E-state index in [2.05, 4.69) is 4.74 Å². The van der Waals surface area contributed by atoms with E-state index in [9.17, 15) is 9.59 Å². The van der Waals surface area contributed by atoms with Gasteiger partial charge in [-0.15, -0.1) is 0 Å². The molecule has 1 aromatic carbocycles. The maximum Gasteiger partial charge on any atom is 0.325 e. The zero-order chi connectivity index (χ0) is 16.0. The third-order valence-corrected chi connectivity index (χ3v) is 3.17. The molecule has 0 saturated heterocycles. The van der Waals surface area contributed by atoms with Crippen LogP contribution >= 0.6 is 11.6 Å². The van der Waals surface area contributed by atoms with E-state index in [1.807, 2.05) is 0 Å². The van der Waals surface area contributed by atoms with Gasteiger partial charge in [0.25, 0.3) is 5.91 Å². The number of hydrogen-bond donors (Lipinski definition) is 0. The molecule has 0 spiro atoms. The van der Waals surface area contributed by atoms with Gasteiger partial charge in [-0.3, -0.25) is 9.59 Å². The average molecular weight is 314 g/mol. The Morgan fingerprint density at radius 2 is 1.81 bits per heavy atom. The van der Waals surface area contributed by atoms with Crippen LogP contribution < -0.4 is 4.74 Å². The molecule has 1 rings (SSSR count). The number of carbonyl (C=O) groups is 2. The second-order valence-corrected chi connectivity index (χ2v) is 5.40. The smallest absolute Gasteiger partial charge is 0.325 e. The molecule has 0 atom stereocenters. The lowest BCUT2D eigenvalue weighted by Crippen LogP contribution is -2.50. The van der Waals surface area contributed by atoms with Crippen molar-refractivity contribution in [3.05, 3.63) is 29.3 Å². The van der Waals surface area contributed by atoms with Crippen molar-refractivity contribution in [2.75, 3.05) is 20.2 Å². The number of benzene rings is 1. The first kappa shape index (κ1) is 17.3. The number of methoxy groups -OCH3 is 1. The molecule has 6 heteroatoms. The molecule has 1 amide bonds. The summed E-state index contributed by atoms with van der Waals surface area (Å²) in [6.07, 6.45) is 0. The zero-order valence-corrected chi connectivity index (χ0v) is 13.4. The maximum absolute atomic E-state index is 12.5. The Hall–Kier alpha value is -1.75. The van der Waals surface area contributed by atoms with Gasteiger partial charge in [0, 0.05) is 11.6 Å². The number of likely N-dealkylation sites (N-methyl/N-ethyl adjacent to an activating group) is 1. The fourth-order valence-electron chi connectivity index (χ4n) is 1.77. The molecule has 5 nitrogen and oxygen atoms in total. The molecule has 0 fully saturated rings. The summed E-state index contributed by atoms with van der Waals surface area (Å²) in [6.45, 7) is 5.40. The van der Waals surface area contributed by atoms with Crippen LogP contribution in [0.3, 0.4) is 0 Å². The van der Waals surface area contributed by atoms with Gasteiger partial charge in [0.15, 0.2) is 5.60 Å². The van der Waals surface area contributed by atoms with Crippen molar-refractivity contribution in [2.45, 2.75) is 26.4 Å². The lowest BCUT2D eigenvalue weighted by atomic mass is 10.1. The maximum atomic E-state index is 12.5. The van der Waals surface area contributed by atoms with E-state index in [0.717, 1.165) is 0 Å². The monoisotopic (exact) mass is 313 g/mol. The fourth-order valence-corrected chi connectivity index (χ4v) is 1.90. The molecule has 21 heavy (non-hydrogen) atoms. The Kier molecular flexibility index (Phi) is 6.03. The van der Waals surface area contributed by atoms with Crippen LogP contribution in [-0.2, 0) is 14.3 Å². The number of rotatable bonds is 6. The molecular formula is C15H20ClNO4. The van der Waals surface area contributed by atoms with Gasteiger partial charge in [-0.05, 0) is 45.0 Å². The highest BCUT2D eigenvalue weighted by molar-refractivity contribution is 6.30. The van der Waals surface area contributed by atoms with Crippen molar-refractivity contribution >= 4 is 23.5 Å². The number of hydrogen-bond acceptors (Lipinski definition) is 4. The van der Waals surface area contributed by atoms with Crippen LogP contribution in [0.4, 0.5) is 0 Å². The van der Waals surface area contributed by atoms with E-state index in [1.54, 1.807) is 45.0 Å². The summed E-state index contributed by atoms with van der Waals surface area (Å²) in [5.74, 6) is -0.218. The van der Waals surface area contributed by atoms with Gasteiger partial charge >= 0.3 is 5.97 Å². The number of esters is 1. The number of amides is 1. The summed E-state index contributed by atoms with van der Waals surface area (Å²) >= 11 is 5.81. The third-order valence-electron chi connectivity index (χ3n) is 2.92. The fraction of sp³-hybridized carbons (Fsp3) is 0.467. The summed E-state index contributed by atoms with van der Waals surface area (Å²) in [5.41, 5.74) is -1.10. The predicted octanol–water partition coefficient (Wildman–Crippen LogP) is 2.52. The molecule has 0 radical (unpaired) electrons. The molecule has 116 valence electrons. The summed E-state index contributed by atoms with van der Waals surface area (Å²) in [7, 11) is 1.29. The van der Waals surface area contributed by atoms with Crippen LogP contribution in [0.1, 0.15) is 20.8 Å². The summed E-state index contributed by atoms with van der Waals surface area (Å²) < 4.78 is 10.3. The van der Waals surface area contributed by atoms with Crippen molar-refractivity contribution in [1.29, 1.82) is 0 Å². The van der Waals surface area contributed by atoms with Crippen LogP contribution in [0.2, 0.25) is 5.02 Å². The number of halogens is 1. The Morgan fingerprint density at radius 3 is 2.29 bits per heavy atom. The lowest BCUT2D eigenvalue weighted by molar-refractivity contribution is -0.153. The second kappa shape index (κ2) is 7.31. The van der Waals surface area contributed by atoms with E-state index >= 15 is 0 Å². The molecule has 0 aliphatic rings. The number of nitrogens with zero attached hydrogens (tertiary/aromatic N) is 1. The van der Waals surface area contributed by atoms with Crippen LogP contribution in [0.15, 0.2) is 24.3 Å². The Labute approximate surface area is 129 Å². The topological polar surface area (TPSA) is 55.8 Å². The lowest BCUT2D eigenvalue weighted by Gasteiger charge is -2.31. The van der Waals surface area contributed by atoms with E-state index in [0.29, 0.717) is 17.3 Å². The van der Waals surface area contributed by atoms with Crippen LogP contribution in [0, 0.1) is 0 Å². The molecular weight excluding hydrogens is 294 g/mol. The van der Waals surface area contributed by atoms with Gasteiger partial charge in [-0.1, -0.05) is 11.6 Å². The van der Waals surface area contributed by atoms with Gasteiger partial charge in [0.2, 0.25) is 0 Å². The van der Waals surface area contributed by atoms with Crippen LogP contribution in [0.5, 0.6) is 5.75 Å². The zero-order valence-electron chi connectivity index (χ0n) is 12.7. The average Bonchev–Trinajstić information content (AvgIpc) is 2.45. The highest BCUT2D eigenvalue weighted by Gasteiger charge is 2.34. The minimum atomic E-state index is -1.10. The first-order chi connectivity index (χ1) is 9.80. The molecule has 0 aliphatic carbocycles. The quantitative estimate of drug-likeness (QED) is 0.757. The van der Waals surface area contributed by atoms with Crippen LogP contribution in [0.25, 0.3) is 0 Å². The Morgan fingerprint density at radius 1 is 1.24 bits per heavy atom. The summed E-state index contributed by atoms with van der Waals surface area (Å²) in [4.78, 5) is 25.2. The highest BCUT2D eigenvalue weighted by atomic mass is 35.5. The molecule has 0 N–H and O–H groups in total.